The first-order valence-electron chi connectivity index (χ1n) is 8.39. The minimum absolute atomic E-state index is 0.148. The average molecular weight is 287 g/mol. The van der Waals surface area contributed by atoms with Gasteiger partial charge in [-0.15, -0.1) is 0 Å². The Morgan fingerprint density at radius 1 is 0.842 bits per heavy atom. The Labute approximate surface area is 123 Å². The highest BCUT2D eigenvalue weighted by Crippen LogP contribution is 2.52. The van der Waals surface area contributed by atoms with Crippen molar-refractivity contribution in [3.8, 4) is 0 Å². The molecule has 0 radical (unpaired) electrons. The van der Waals surface area contributed by atoms with Gasteiger partial charge in [-0.2, -0.15) is 0 Å². The minimum Gasteiger partial charge on any atom is -0.393 e. The van der Waals surface area contributed by atoms with Crippen molar-refractivity contribution < 1.29 is 5.11 Å². The van der Waals surface area contributed by atoms with E-state index in [1.54, 1.807) is 0 Å². The zero-order chi connectivity index (χ0) is 15.2. The molecule has 0 saturated carbocycles. The highest BCUT2D eigenvalue weighted by atomic mass is 28.3. The van der Waals surface area contributed by atoms with Crippen LogP contribution in [0.2, 0.25) is 22.2 Å². The standard InChI is InChI=1S/C17H38OSi/c1-9-10-11-17(12-16(8)18)19(13(2)3,14(4)5)15(6)7/h13-18H,9-12H2,1-8H3/t16-,17-/m1/s1. The van der Waals surface area contributed by atoms with E-state index in [2.05, 4.69) is 48.5 Å². The molecule has 0 aromatic carbocycles. The van der Waals surface area contributed by atoms with E-state index >= 15 is 0 Å². The Bertz CT molecular complexity index is 212. The first-order valence-corrected chi connectivity index (χ1v) is 10.7. The summed E-state index contributed by atoms with van der Waals surface area (Å²) in [4.78, 5) is 0. The molecule has 0 saturated heterocycles. The molecule has 2 heteroatoms. The first kappa shape index (κ1) is 19.2. The molecule has 0 aliphatic carbocycles. The molecule has 0 amide bonds. The molecule has 0 unspecified atom stereocenters. The molecular formula is C17H38OSi. The Morgan fingerprint density at radius 2 is 1.26 bits per heavy atom. The molecule has 1 N–H and O–H groups in total. The van der Waals surface area contributed by atoms with Gasteiger partial charge in [0, 0.05) is 0 Å². The van der Waals surface area contributed by atoms with Crippen molar-refractivity contribution in [3.05, 3.63) is 0 Å². The summed E-state index contributed by atoms with van der Waals surface area (Å²) < 4.78 is 0. The molecule has 0 fully saturated rings. The van der Waals surface area contributed by atoms with Crippen LogP contribution in [-0.2, 0) is 0 Å². The normalized spacial score (nSPS) is 16.4. The van der Waals surface area contributed by atoms with E-state index in [4.69, 9.17) is 0 Å². The van der Waals surface area contributed by atoms with Crippen LogP contribution in [0.1, 0.15) is 81.1 Å². The maximum Gasteiger partial charge on any atom is 0.0644 e. The lowest BCUT2D eigenvalue weighted by Crippen LogP contribution is -2.49. The number of hydrogen-bond donors (Lipinski definition) is 1. The zero-order valence-corrected chi connectivity index (χ0v) is 15.7. The molecule has 0 aliphatic heterocycles. The van der Waals surface area contributed by atoms with E-state index in [1.165, 1.54) is 19.3 Å². The monoisotopic (exact) mass is 286 g/mol. The summed E-state index contributed by atoms with van der Waals surface area (Å²) in [6.45, 7) is 18.9. The van der Waals surface area contributed by atoms with Crippen LogP contribution in [0.3, 0.4) is 0 Å². The molecule has 116 valence electrons. The predicted octanol–water partition coefficient (Wildman–Crippen LogP) is 6.00. The maximum atomic E-state index is 9.95. The highest BCUT2D eigenvalue weighted by molar-refractivity contribution is 6.84. The maximum absolute atomic E-state index is 9.95. The van der Waals surface area contributed by atoms with Crippen LogP contribution >= 0.6 is 0 Å². The molecule has 2 atom stereocenters. The molecule has 0 rings (SSSR count). The van der Waals surface area contributed by atoms with Crippen LogP contribution in [-0.4, -0.2) is 19.3 Å². The quantitative estimate of drug-likeness (QED) is 0.516. The van der Waals surface area contributed by atoms with Crippen LogP contribution in [0.25, 0.3) is 0 Å². The molecule has 19 heavy (non-hydrogen) atoms. The van der Waals surface area contributed by atoms with Gasteiger partial charge in [0.1, 0.15) is 0 Å². The van der Waals surface area contributed by atoms with Crippen LogP contribution in [0.15, 0.2) is 0 Å². The minimum atomic E-state index is -1.42. The van der Waals surface area contributed by atoms with E-state index in [0.717, 1.165) is 28.6 Å². The van der Waals surface area contributed by atoms with E-state index in [-0.39, 0.29) is 6.10 Å². The Hall–Kier alpha value is 0.177. The van der Waals surface area contributed by atoms with Gasteiger partial charge in [-0.3, -0.25) is 0 Å². The number of rotatable bonds is 9. The number of aliphatic hydroxyl groups excluding tert-OH is 1. The summed E-state index contributed by atoms with van der Waals surface area (Å²) in [5, 5.41) is 9.95. The van der Waals surface area contributed by atoms with Crippen LogP contribution in [0.4, 0.5) is 0 Å². The molecule has 0 aliphatic rings. The largest absolute Gasteiger partial charge is 0.393 e. The number of unbranched alkanes of at least 4 members (excludes halogenated alkanes) is 1. The van der Waals surface area contributed by atoms with Crippen LogP contribution in [0, 0.1) is 0 Å². The van der Waals surface area contributed by atoms with E-state index in [9.17, 15) is 5.11 Å². The van der Waals surface area contributed by atoms with Crippen molar-refractivity contribution in [2.24, 2.45) is 0 Å². The second-order valence-electron chi connectivity index (χ2n) is 7.39. The Balaban J connectivity index is 5.43. The van der Waals surface area contributed by atoms with Crippen molar-refractivity contribution in [2.75, 3.05) is 0 Å². The lowest BCUT2D eigenvalue weighted by Gasteiger charge is -2.50. The van der Waals surface area contributed by atoms with Gasteiger partial charge in [-0.25, -0.2) is 0 Å². The van der Waals surface area contributed by atoms with Gasteiger partial charge in [0.2, 0.25) is 0 Å². The fourth-order valence-electron chi connectivity index (χ4n) is 4.85. The van der Waals surface area contributed by atoms with Crippen molar-refractivity contribution in [1.29, 1.82) is 0 Å². The van der Waals surface area contributed by atoms with Crippen LogP contribution < -0.4 is 0 Å². The van der Waals surface area contributed by atoms with Crippen molar-refractivity contribution in [2.45, 2.75) is 109 Å². The molecule has 0 aromatic heterocycles. The number of hydrogen-bond acceptors (Lipinski definition) is 1. The SMILES string of the molecule is CCCC[C@H](C[C@@H](C)O)[Si](C(C)C)(C(C)C)C(C)C. The van der Waals surface area contributed by atoms with Crippen molar-refractivity contribution >= 4 is 8.07 Å². The lowest BCUT2D eigenvalue weighted by molar-refractivity contribution is 0.178. The molecule has 0 spiro atoms. The van der Waals surface area contributed by atoms with Gasteiger partial charge in [-0.1, -0.05) is 84.4 Å². The van der Waals surface area contributed by atoms with Gasteiger partial charge in [0.25, 0.3) is 0 Å². The second kappa shape index (κ2) is 8.46. The zero-order valence-electron chi connectivity index (χ0n) is 14.7. The summed E-state index contributed by atoms with van der Waals surface area (Å²) >= 11 is 0. The molecule has 0 aromatic rings. The summed E-state index contributed by atoms with van der Waals surface area (Å²) in [7, 11) is -1.42. The lowest BCUT2D eigenvalue weighted by atomic mass is 10.1. The average Bonchev–Trinajstić information content (AvgIpc) is 2.23. The second-order valence-corrected chi connectivity index (χ2v) is 13.7. The molecular weight excluding hydrogens is 248 g/mol. The summed E-state index contributed by atoms with van der Waals surface area (Å²) in [5.41, 5.74) is 3.17. The first-order chi connectivity index (χ1) is 8.71. The molecule has 1 nitrogen and oxygen atoms in total. The molecule has 0 bridgehead atoms. The van der Waals surface area contributed by atoms with Crippen molar-refractivity contribution in [1.82, 2.24) is 0 Å². The van der Waals surface area contributed by atoms with E-state index in [0.29, 0.717) is 0 Å². The van der Waals surface area contributed by atoms with Crippen LogP contribution in [0.5, 0.6) is 0 Å². The summed E-state index contributed by atoms with van der Waals surface area (Å²) in [5.74, 6) is 0. The third-order valence-electron chi connectivity index (χ3n) is 5.24. The third kappa shape index (κ3) is 4.59. The van der Waals surface area contributed by atoms with E-state index < -0.39 is 8.07 Å². The van der Waals surface area contributed by atoms with Crippen molar-refractivity contribution in [3.63, 3.8) is 0 Å². The van der Waals surface area contributed by atoms with Gasteiger partial charge in [-0.05, 0) is 18.9 Å². The third-order valence-corrected chi connectivity index (χ3v) is 13.2. The fourth-order valence-corrected chi connectivity index (χ4v) is 13.1. The van der Waals surface area contributed by atoms with Gasteiger partial charge in [0.15, 0.2) is 0 Å². The summed E-state index contributed by atoms with van der Waals surface area (Å²) in [6.07, 6.45) is 4.78. The fraction of sp³-hybridized carbons (Fsp3) is 1.00. The van der Waals surface area contributed by atoms with Gasteiger partial charge < -0.3 is 5.11 Å². The van der Waals surface area contributed by atoms with Gasteiger partial charge in [0.05, 0.1) is 14.2 Å². The Morgan fingerprint density at radius 3 is 1.53 bits per heavy atom. The number of aliphatic hydroxyl groups is 1. The van der Waals surface area contributed by atoms with E-state index in [1.807, 2.05) is 6.92 Å². The predicted molar refractivity (Wildman–Crippen MR) is 90.6 cm³/mol. The molecule has 0 heterocycles. The Kier molecular flexibility index (Phi) is 8.54. The summed E-state index contributed by atoms with van der Waals surface area (Å²) in [6, 6.07) is 0. The topological polar surface area (TPSA) is 20.2 Å². The van der Waals surface area contributed by atoms with Gasteiger partial charge >= 0.3 is 0 Å². The smallest absolute Gasteiger partial charge is 0.0644 e. The highest BCUT2D eigenvalue weighted by Gasteiger charge is 2.48.